The Kier molecular flexibility index (Phi) is 9.48. The van der Waals surface area contributed by atoms with Crippen LogP contribution in [0.15, 0.2) is 78.4 Å². The number of aryl methyl sites for hydroxylation is 1. The van der Waals surface area contributed by atoms with E-state index >= 15 is 0 Å². The van der Waals surface area contributed by atoms with Crippen LogP contribution < -0.4 is 19.1 Å². The molecular formula is C34H32N2O8S. The molecule has 10 nitrogen and oxygen atoms in total. The number of Topliss-reactive ketones (excluding diaryl/α,β-unsaturated/α-hetero) is 1. The molecule has 0 radical (unpaired) electrons. The van der Waals surface area contributed by atoms with Crippen LogP contribution in [0, 0.1) is 6.92 Å². The smallest absolute Gasteiger partial charge is 0.350 e. The molecule has 1 aromatic heterocycles. The van der Waals surface area contributed by atoms with E-state index in [0.29, 0.717) is 47.3 Å². The fourth-order valence-electron chi connectivity index (χ4n) is 4.95. The Labute approximate surface area is 264 Å². The van der Waals surface area contributed by atoms with E-state index < -0.39 is 23.7 Å². The number of thiazole rings is 1. The largest absolute Gasteiger partial charge is 0.507 e. The number of aliphatic hydroxyl groups is 1. The van der Waals surface area contributed by atoms with Crippen LogP contribution in [-0.2, 0) is 20.9 Å². The number of rotatable bonds is 11. The molecule has 0 aliphatic carbocycles. The second-order valence-corrected chi connectivity index (χ2v) is 10.9. The molecule has 11 heteroatoms. The first kappa shape index (κ1) is 31.3. The van der Waals surface area contributed by atoms with Gasteiger partial charge in [-0.2, -0.15) is 0 Å². The van der Waals surface area contributed by atoms with Crippen molar-refractivity contribution >= 4 is 39.9 Å². The van der Waals surface area contributed by atoms with Gasteiger partial charge in [0.25, 0.3) is 5.78 Å². The molecular weight excluding hydrogens is 596 g/mol. The summed E-state index contributed by atoms with van der Waals surface area (Å²) in [4.78, 5) is 45.8. The highest BCUT2D eigenvalue weighted by atomic mass is 32.1. The highest BCUT2D eigenvalue weighted by Crippen LogP contribution is 2.45. The standard InChI is InChI=1S/C34H32N2O8S/c1-5-42-25-17-14-23(18-26(25)41-4)28-27(29(37)22-12-15-24(16-13-22)44-19-21-10-8-7-9-11-21)30(38)32(39)36(28)34-35-20(3)31(45-34)33(40)43-6-2/h7-18,28,37H,5-6,19H2,1-4H3/b29-27+. The van der Waals surface area contributed by atoms with Crippen LogP contribution in [0.4, 0.5) is 5.13 Å². The third-order valence-corrected chi connectivity index (χ3v) is 8.21. The van der Waals surface area contributed by atoms with Crippen molar-refractivity contribution < 1.29 is 38.4 Å². The highest BCUT2D eigenvalue weighted by Gasteiger charge is 2.48. The van der Waals surface area contributed by atoms with Crippen LogP contribution in [-0.4, -0.2) is 48.1 Å². The number of hydrogen-bond acceptors (Lipinski definition) is 10. The number of methoxy groups -OCH3 is 1. The number of anilines is 1. The van der Waals surface area contributed by atoms with E-state index in [1.807, 2.05) is 37.3 Å². The van der Waals surface area contributed by atoms with Crippen molar-refractivity contribution in [3.05, 3.63) is 106 Å². The van der Waals surface area contributed by atoms with Gasteiger partial charge in [-0.05, 0) is 68.3 Å². The van der Waals surface area contributed by atoms with Gasteiger partial charge in [0.1, 0.15) is 23.0 Å². The lowest BCUT2D eigenvalue weighted by atomic mass is 9.95. The number of esters is 1. The molecule has 2 heterocycles. The van der Waals surface area contributed by atoms with Crippen molar-refractivity contribution in [2.24, 2.45) is 0 Å². The molecule has 1 aliphatic heterocycles. The first-order valence-electron chi connectivity index (χ1n) is 14.3. The Morgan fingerprint density at radius 2 is 1.69 bits per heavy atom. The predicted octanol–water partition coefficient (Wildman–Crippen LogP) is 6.24. The molecule has 0 bridgehead atoms. The van der Waals surface area contributed by atoms with E-state index in [1.165, 1.54) is 12.0 Å². The first-order chi connectivity index (χ1) is 21.8. The minimum Gasteiger partial charge on any atom is -0.507 e. The van der Waals surface area contributed by atoms with Gasteiger partial charge in [0, 0.05) is 5.56 Å². The third kappa shape index (κ3) is 6.39. The summed E-state index contributed by atoms with van der Waals surface area (Å²) in [5.74, 6) is -1.34. The Balaban J connectivity index is 1.58. The molecule has 232 valence electrons. The average molecular weight is 629 g/mol. The normalized spacial score (nSPS) is 15.6. The van der Waals surface area contributed by atoms with Gasteiger partial charge in [-0.3, -0.25) is 14.5 Å². The first-order valence-corrected chi connectivity index (χ1v) is 15.1. The quantitative estimate of drug-likeness (QED) is 0.0889. The lowest BCUT2D eigenvalue weighted by Crippen LogP contribution is -2.29. The van der Waals surface area contributed by atoms with E-state index in [9.17, 15) is 19.5 Å². The van der Waals surface area contributed by atoms with Crippen LogP contribution in [0.25, 0.3) is 5.76 Å². The van der Waals surface area contributed by atoms with Crippen LogP contribution in [0.3, 0.4) is 0 Å². The van der Waals surface area contributed by atoms with Gasteiger partial charge in [-0.25, -0.2) is 9.78 Å². The van der Waals surface area contributed by atoms with E-state index in [-0.39, 0.29) is 27.9 Å². The molecule has 45 heavy (non-hydrogen) atoms. The van der Waals surface area contributed by atoms with Gasteiger partial charge in [-0.15, -0.1) is 0 Å². The van der Waals surface area contributed by atoms with Crippen molar-refractivity contribution in [1.82, 2.24) is 4.98 Å². The predicted molar refractivity (Wildman–Crippen MR) is 169 cm³/mol. The summed E-state index contributed by atoms with van der Waals surface area (Å²) in [5.41, 5.74) is 1.98. The van der Waals surface area contributed by atoms with Crippen molar-refractivity contribution in [3.63, 3.8) is 0 Å². The summed E-state index contributed by atoms with van der Waals surface area (Å²) >= 11 is 0.936. The summed E-state index contributed by atoms with van der Waals surface area (Å²) in [6.07, 6.45) is 0. The lowest BCUT2D eigenvalue weighted by Gasteiger charge is -2.24. The summed E-state index contributed by atoms with van der Waals surface area (Å²) in [7, 11) is 1.48. The van der Waals surface area contributed by atoms with Crippen molar-refractivity contribution in [2.45, 2.75) is 33.4 Å². The van der Waals surface area contributed by atoms with E-state index in [2.05, 4.69) is 4.98 Å². The van der Waals surface area contributed by atoms with Crippen LogP contribution >= 0.6 is 11.3 Å². The number of carbonyl (C=O) groups excluding carboxylic acids is 3. The molecule has 5 rings (SSSR count). The van der Waals surface area contributed by atoms with Crippen LogP contribution in [0.2, 0.25) is 0 Å². The van der Waals surface area contributed by atoms with Gasteiger partial charge in [0.05, 0.1) is 37.6 Å². The maximum atomic E-state index is 13.7. The number of carbonyl (C=O) groups is 3. The molecule has 1 unspecified atom stereocenters. The van der Waals surface area contributed by atoms with Crippen molar-refractivity contribution in [1.29, 1.82) is 0 Å². The molecule has 0 spiro atoms. The van der Waals surface area contributed by atoms with Gasteiger partial charge < -0.3 is 24.1 Å². The third-order valence-electron chi connectivity index (χ3n) is 7.08. The summed E-state index contributed by atoms with van der Waals surface area (Å²) in [5, 5.41) is 11.7. The number of ketones is 1. The molecule has 0 saturated carbocycles. The zero-order valence-corrected chi connectivity index (χ0v) is 26.1. The summed E-state index contributed by atoms with van der Waals surface area (Å²) in [6.45, 7) is 6.07. The molecule has 3 aromatic carbocycles. The molecule has 1 atom stereocenters. The summed E-state index contributed by atoms with van der Waals surface area (Å²) < 4.78 is 22.2. The molecule has 1 saturated heterocycles. The molecule has 1 fully saturated rings. The number of nitrogens with zero attached hydrogens (tertiary/aromatic N) is 2. The minimum atomic E-state index is -1.09. The van der Waals surface area contributed by atoms with Crippen molar-refractivity contribution in [3.8, 4) is 17.2 Å². The maximum absolute atomic E-state index is 13.7. The fourth-order valence-corrected chi connectivity index (χ4v) is 5.94. The zero-order valence-electron chi connectivity index (χ0n) is 25.2. The Hall–Kier alpha value is -5.16. The number of hydrogen-bond donors (Lipinski definition) is 1. The summed E-state index contributed by atoms with van der Waals surface area (Å²) in [6, 6.07) is 20.2. The SMILES string of the molecule is CCOC(=O)c1sc(N2C(=O)C(=O)/C(=C(/O)c3ccc(OCc4ccccc4)cc3)C2c2ccc(OCC)c(OC)c2)nc1C. The molecule has 1 N–H and O–H groups in total. The van der Waals surface area contributed by atoms with Gasteiger partial charge in [-0.1, -0.05) is 47.7 Å². The average Bonchev–Trinajstić information content (AvgIpc) is 3.56. The minimum absolute atomic E-state index is 0.110. The van der Waals surface area contributed by atoms with Crippen molar-refractivity contribution in [2.75, 3.05) is 25.2 Å². The fraction of sp³-hybridized carbons (Fsp3) is 0.235. The monoisotopic (exact) mass is 628 g/mol. The number of aromatic nitrogens is 1. The zero-order chi connectivity index (χ0) is 32.1. The van der Waals surface area contributed by atoms with Gasteiger partial charge >= 0.3 is 11.9 Å². The Morgan fingerprint density at radius 3 is 2.36 bits per heavy atom. The Bertz CT molecular complexity index is 1750. The van der Waals surface area contributed by atoms with Gasteiger partial charge in [0.15, 0.2) is 16.6 Å². The number of amides is 1. The second-order valence-electron chi connectivity index (χ2n) is 9.94. The lowest BCUT2D eigenvalue weighted by molar-refractivity contribution is -0.132. The van der Waals surface area contributed by atoms with Gasteiger partial charge in [0.2, 0.25) is 0 Å². The molecule has 1 aliphatic rings. The molecule has 4 aromatic rings. The highest BCUT2D eigenvalue weighted by molar-refractivity contribution is 7.17. The van der Waals surface area contributed by atoms with E-state index in [1.54, 1.807) is 56.3 Å². The van der Waals surface area contributed by atoms with Crippen LogP contribution in [0.5, 0.6) is 17.2 Å². The number of ether oxygens (including phenoxy) is 4. The van der Waals surface area contributed by atoms with E-state index in [0.717, 1.165) is 16.9 Å². The maximum Gasteiger partial charge on any atom is 0.350 e. The Morgan fingerprint density at radius 1 is 0.956 bits per heavy atom. The second kappa shape index (κ2) is 13.6. The number of benzene rings is 3. The number of aliphatic hydroxyl groups excluding tert-OH is 1. The topological polar surface area (TPSA) is 124 Å². The van der Waals surface area contributed by atoms with Crippen LogP contribution in [0.1, 0.15) is 51.9 Å². The van der Waals surface area contributed by atoms with E-state index in [4.69, 9.17) is 18.9 Å². The molecule has 1 amide bonds.